The number of allylic oxidation sites excluding steroid dienone is 2. The first-order valence-corrected chi connectivity index (χ1v) is 10.0. The first-order valence-electron chi connectivity index (χ1n) is 10.0. The van der Waals surface area contributed by atoms with Crippen LogP contribution in [0.4, 0.5) is 0 Å². The van der Waals surface area contributed by atoms with Crippen molar-refractivity contribution in [3.8, 4) is 17.6 Å². The second kappa shape index (κ2) is 7.50. The van der Waals surface area contributed by atoms with Crippen molar-refractivity contribution in [3.05, 3.63) is 56.2 Å². The molecule has 0 saturated heterocycles. The molecule has 0 spiro atoms. The summed E-state index contributed by atoms with van der Waals surface area (Å²) in [6.07, 6.45) is 0.322. The van der Waals surface area contributed by atoms with Gasteiger partial charge in [-0.3, -0.25) is 19.2 Å². The number of primary amides is 1. The molecular weight excluding hydrogens is 432 g/mol. The molecule has 0 aromatic heterocycles. The van der Waals surface area contributed by atoms with Crippen LogP contribution in [0.25, 0.3) is 0 Å². The second-order valence-corrected chi connectivity index (χ2v) is 8.38. The number of Topliss-reactive ketones (excluding diaryl/α,β-unsaturated/α-hetero) is 2. The first kappa shape index (κ1) is 22.1. The summed E-state index contributed by atoms with van der Waals surface area (Å²) >= 11 is 0. The molecule has 33 heavy (non-hydrogen) atoms. The third-order valence-electron chi connectivity index (χ3n) is 6.58. The summed E-state index contributed by atoms with van der Waals surface area (Å²) in [5.74, 6) is -2.32. The molecule has 0 heterocycles. The molecule has 0 bridgehead atoms. The van der Waals surface area contributed by atoms with Gasteiger partial charge in [-0.25, -0.2) is 0 Å². The molecule has 2 amide bonds. The predicted molar refractivity (Wildman–Crippen MR) is 112 cm³/mol. The van der Waals surface area contributed by atoms with Crippen LogP contribution in [0.15, 0.2) is 39.8 Å². The minimum absolute atomic E-state index is 0.0988. The van der Waals surface area contributed by atoms with Gasteiger partial charge in [0.1, 0.15) is 11.5 Å². The fraction of sp³-hybridized carbons (Fsp3) is 0.304. The fourth-order valence-corrected chi connectivity index (χ4v) is 5.15. The van der Waals surface area contributed by atoms with E-state index in [0.717, 1.165) is 0 Å². The van der Waals surface area contributed by atoms with E-state index >= 15 is 0 Å². The fourth-order valence-electron chi connectivity index (χ4n) is 5.15. The Hall–Kier alpha value is -4.10. The molecule has 4 rings (SSSR count). The standard InChI is InChI=1S/C23H18N2O8/c1-9-6-12-7-11-8-13-10(3-5-15(27)25-33)2-4-14(26)18(13)19(28)17(11)21(30)23(12,32)20(29)16(9)22(24)31/h2,4,11-12,26,30,32H,6-8H2,1H3,(H2,24,31)/t11-,12-,23-/m1/s1. The van der Waals surface area contributed by atoms with Crippen LogP contribution in [0.5, 0.6) is 5.75 Å². The molecule has 168 valence electrons. The number of carbonyl (C=O) groups is 4. The second-order valence-electron chi connectivity index (χ2n) is 8.38. The zero-order chi connectivity index (χ0) is 24.2. The topological polar surface area (TPSA) is 184 Å². The van der Waals surface area contributed by atoms with Gasteiger partial charge in [0.2, 0.25) is 5.78 Å². The monoisotopic (exact) mass is 450 g/mol. The van der Waals surface area contributed by atoms with Crippen molar-refractivity contribution in [1.29, 1.82) is 0 Å². The minimum Gasteiger partial charge on any atom is -0.508 e. The number of phenols is 1. The zero-order valence-electron chi connectivity index (χ0n) is 17.3. The van der Waals surface area contributed by atoms with Crippen LogP contribution in [0.2, 0.25) is 0 Å². The summed E-state index contributed by atoms with van der Waals surface area (Å²) < 4.78 is 0. The molecule has 0 saturated carbocycles. The molecule has 1 aromatic rings. The number of hydrogen-bond donors (Lipinski definition) is 4. The van der Waals surface area contributed by atoms with Gasteiger partial charge in [0.25, 0.3) is 5.91 Å². The van der Waals surface area contributed by atoms with E-state index in [2.05, 4.69) is 11.1 Å². The third-order valence-corrected chi connectivity index (χ3v) is 6.58. The van der Waals surface area contributed by atoms with Gasteiger partial charge in [-0.2, -0.15) is 0 Å². The molecule has 1 aromatic carbocycles. The van der Waals surface area contributed by atoms with Gasteiger partial charge in [0.15, 0.2) is 11.4 Å². The van der Waals surface area contributed by atoms with Crippen molar-refractivity contribution >= 4 is 23.4 Å². The highest BCUT2D eigenvalue weighted by atomic mass is 16.3. The van der Waals surface area contributed by atoms with Gasteiger partial charge in [0.05, 0.1) is 11.1 Å². The van der Waals surface area contributed by atoms with Gasteiger partial charge in [0, 0.05) is 28.2 Å². The van der Waals surface area contributed by atoms with Crippen LogP contribution >= 0.6 is 0 Å². The molecule has 5 N–H and O–H groups in total. The van der Waals surface area contributed by atoms with E-state index in [9.17, 15) is 39.4 Å². The van der Waals surface area contributed by atoms with Crippen LogP contribution < -0.4 is 5.73 Å². The molecule has 0 aliphatic heterocycles. The molecule has 0 unspecified atom stereocenters. The SMILES string of the molecule is CC1=C(C(N)=O)C(=O)[C@@]2(O)C(O)=C3C(=O)c4c(O)ccc(C#CC(=O)N=O)c4C[C@H]3C[C@H]2C1. The van der Waals surface area contributed by atoms with E-state index in [1.807, 2.05) is 5.92 Å². The van der Waals surface area contributed by atoms with E-state index in [1.54, 1.807) is 6.92 Å². The number of aliphatic hydroxyl groups is 2. The van der Waals surface area contributed by atoms with Crippen LogP contribution in [0, 0.1) is 28.6 Å². The van der Waals surface area contributed by atoms with Gasteiger partial charge >= 0.3 is 5.91 Å². The smallest absolute Gasteiger partial charge is 0.360 e. The van der Waals surface area contributed by atoms with E-state index < -0.39 is 57.9 Å². The van der Waals surface area contributed by atoms with Gasteiger partial charge < -0.3 is 21.1 Å². The Kier molecular flexibility index (Phi) is 5.02. The van der Waals surface area contributed by atoms with Crippen molar-refractivity contribution < 1.29 is 34.5 Å². The van der Waals surface area contributed by atoms with Crippen molar-refractivity contribution in [3.63, 3.8) is 0 Å². The lowest BCUT2D eigenvalue weighted by Gasteiger charge is -2.46. The third kappa shape index (κ3) is 3.08. The maximum atomic E-state index is 13.3. The van der Waals surface area contributed by atoms with Crippen molar-refractivity contribution in [1.82, 2.24) is 0 Å². The van der Waals surface area contributed by atoms with E-state index in [0.29, 0.717) is 11.1 Å². The lowest BCUT2D eigenvalue weighted by atomic mass is 9.59. The van der Waals surface area contributed by atoms with Crippen molar-refractivity contribution in [2.45, 2.75) is 31.8 Å². The summed E-state index contributed by atoms with van der Waals surface area (Å²) in [7, 11) is 0. The first-order chi connectivity index (χ1) is 15.5. The Morgan fingerprint density at radius 2 is 1.91 bits per heavy atom. The highest BCUT2D eigenvalue weighted by molar-refractivity contribution is 6.24. The molecule has 10 nitrogen and oxygen atoms in total. The van der Waals surface area contributed by atoms with E-state index in [4.69, 9.17) is 5.73 Å². The number of benzene rings is 1. The number of phenolic OH excluding ortho intramolecular Hbond substituents is 1. The molecule has 0 radical (unpaired) electrons. The number of ketones is 2. The molecule has 3 atom stereocenters. The Bertz CT molecular complexity index is 1310. The largest absolute Gasteiger partial charge is 0.508 e. The van der Waals surface area contributed by atoms with E-state index in [-0.39, 0.29) is 36.0 Å². The molecule has 3 aliphatic carbocycles. The number of rotatable bonds is 1. The predicted octanol–water partition coefficient (Wildman–Crippen LogP) is 0.729. The summed E-state index contributed by atoms with van der Waals surface area (Å²) in [5.41, 5.74) is 2.89. The van der Waals surface area contributed by atoms with Crippen molar-refractivity contribution in [2.24, 2.45) is 22.7 Å². The Morgan fingerprint density at radius 3 is 2.55 bits per heavy atom. The number of nitroso groups, excluding NO2 is 1. The Balaban J connectivity index is 1.89. The quantitative estimate of drug-likeness (QED) is 0.274. The van der Waals surface area contributed by atoms with E-state index in [1.165, 1.54) is 12.1 Å². The Morgan fingerprint density at radius 1 is 1.21 bits per heavy atom. The lowest BCUT2D eigenvalue weighted by molar-refractivity contribution is -0.143. The Labute approximate surface area is 186 Å². The van der Waals surface area contributed by atoms with Crippen LogP contribution in [0.3, 0.4) is 0 Å². The summed E-state index contributed by atoms with van der Waals surface area (Å²) in [6.45, 7) is 1.54. The maximum Gasteiger partial charge on any atom is 0.360 e. The molecule has 0 fully saturated rings. The lowest BCUT2D eigenvalue weighted by Crippen LogP contribution is -2.57. The van der Waals surface area contributed by atoms with Gasteiger partial charge in [-0.05, 0) is 49.8 Å². The summed E-state index contributed by atoms with van der Waals surface area (Å²) in [4.78, 5) is 59.7. The van der Waals surface area contributed by atoms with Crippen LogP contribution in [-0.4, -0.2) is 44.3 Å². The number of nitrogens with zero attached hydrogens (tertiary/aromatic N) is 1. The number of hydrogen-bond acceptors (Lipinski definition) is 8. The highest BCUT2D eigenvalue weighted by Crippen LogP contribution is 2.51. The van der Waals surface area contributed by atoms with Crippen molar-refractivity contribution in [2.75, 3.05) is 0 Å². The normalized spacial score (nSPS) is 26.0. The summed E-state index contributed by atoms with van der Waals surface area (Å²) in [6, 6.07) is 2.55. The number of aliphatic hydroxyl groups excluding tert-OH is 1. The molecule has 10 heteroatoms. The average molecular weight is 450 g/mol. The molecule has 3 aliphatic rings. The maximum absolute atomic E-state index is 13.3. The van der Waals surface area contributed by atoms with Crippen LogP contribution in [-0.2, 0) is 20.8 Å². The highest BCUT2D eigenvalue weighted by Gasteiger charge is 2.58. The zero-order valence-corrected chi connectivity index (χ0v) is 17.3. The summed E-state index contributed by atoms with van der Waals surface area (Å²) in [5, 5.41) is 34.8. The van der Waals surface area contributed by atoms with Gasteiger partial charge in [-0.15, -0.1) is 4.91 Å². The molecular formula is C23H18N2O8. The average Bonchev–Trinajstić information content (AvgIpc) is 2.75. The number of aromatic hydroxyl groups is 1. The minimum atomic E-state index is -2.49. The van der Waals surface area contributed by atoms with Gasteiger partial charge in [-0.1, -0.05) is 11.5 Å². The van der Waals surface area contributed by atoms with Crippen LogP contribution in [0.1, 0.15) is 41.3 Å². The number of amides is 2. The number of nitrogens with two attached hydrogens (primary N) is 1. The number of carbonyl (C=O) groups excluding carboxylic acids is 4. The number of fused-ring (bicyclic) bond motifs is 3.